The zero-order chi connectivity index (χ0) is 15.4. The van der Waals surface area contributed by atoms with Gasteiger partial charge in [-0.1, -0.05) is 35.3 Å². The molecular weight excluding hydrogens is 313 g/mol. The third kappa shape index (κ3) is 3.80. The van der Waals surface area contributed by atoms with Crippen molar-refractivity contribution in [1.82, 2.24) is 0 Å². The van der Waals surface area contributed by atoms with E-state index in [0.29, 0.717) is 16.5 Å². The van der Waals surface area contributed by atoms with E-state index in [1.165, 1.54) is 19.2 Å². The highest BCUT2D eigenvalue weighted by Gasteiger charge is 2.16. The molecule has 0 radical (unpaired) electrons. The first-order valence-electron chi connectivity index (χ1n) is 6.06. The third-order valence-electron chi connectivity index (χ3n) is 2.82. The summed E-state index contributed by atoms with van der Waals surface area (Å²) < 4.78 is 10.3. The summed E-state index contributed by atoms with van der Waals surface area (Å²) in [6.45, 7) is 0.126. The summed E-state index contributed by atoms with van der Waals surface area (Å²) in [7, 11) is 1.44. The summed E-state index contributed by atoms with van der Waals surface area (Å²) in [6, 6.07) is 9.93. The van der Waals surface area contributed by atoms with E-state index < -0.39 is 5.97 Å². The Balaban J connectivity index is 2.13. The first-order valence-corrected chi connectivity index (χ1v) is 6.81. The average molecular weight is 326 g/mol. The minimum atomic E-state index is -0.538. The predicted octanol–water partition coefficient (Wildman–Crippen LogP) is 3.94. The number of nitrogens with two attached hydrogens (primary N) is 1. The van der Waals surface area contributed by atoms with Crippen molar-refractivity contribution in [2.24, 2.45) is 0 Å². The highest BCUT2D eigenvalue weighted by Crippen LogP contribution is 2.29. The Labute approximate surface area is 132 Å². The van der Waals surface area contributed by atoms with E-state index >= 15 is 0 Å². The van der Waals surface area contributed by atoms with Crippen LogP contribution in [0.1, 0.15) is 15.9 Å². The number of carbonyl (C=O) groups is 1. The van der Waals surface area contributed by atoms with Gasteiger partial charge in [-0.3, -0.25) is 0 Å². The zero-order valence-electron chi connectivity index (χ0n) is 11.2. The second kappa shape index (κ2) is 6.70. The lowest BCUT2D eigenvalue weighted by Crippen LogP contribution is -2.08. The summed E-state index contributed by atoms with van der Waals surface area (Å²) in [4.78, 5) is 12.1. The van der Waals surface area contributed by atoms with Crippen LogP contribution in [0.25, 0.3) is 0 Å². The van der Waals surface area contributed by atoms with Crippen LogP contribution in [0, 0.1) is 0 Å². The Kier molecular flexibility index (Phi) is 4.94. The summed E-state index contributed by atoms with van der Waals surface area (Å²) in [6.07, 6.45) is 0. The van der Waals surface area contributed by atoms with E-state index in [-0.39, 0.29) is 17.2 Å². The van der Waals surface area contributed by atoms with Crippen LogP contribution in [0.4, 0.5) is 5.69 Å². The molecule has 2 rings (SSSR count). The first kappa shape index (κ1) is 15.5. The molecule has 0 saturated carbocycles. The van der Waals surface area contributed by atoms with Gasteiger partial charge in [-0.15, -0.1) is 0 Å². The van der Waals surface area contributed by atoms with Gasteiger partial charge in [0.1, 0.15) is 17.9 Å². The number of hydrogen-bond donors (Lipinski definition) is 1. The number of esters is 1. The summed E-state index contributed by atoms with van der Waals surface area (Å²) in [5.74, 6) is -0.221. The van der Waals surface area contributed by atoms with Gasteiger partial charge in [0.25, 0.3) is 0 Å². The molecule has 2 N–H and O–H groups in total. The molecule has 6 heteroatoms. The van der Waals surface area contributed by atoms with Crippen LogP contribution in [0.15, 0.2) is 36.4 Å². The van der Waals surface area contributed by atoms with Crippen molar-refractivity contribution in [3.63, 3.8) is 0 Å². The van der Waals surface area contributed by atoms with Gasteiger partial charge in [0.15, 0.2) is 0 Å². The van der Waals surface area contributed by atoms with Crippen LogP contribution in [0.3, 0.4) is 0 Å². The van der Waals surface area contributed by atoms with Gasteiger partial charge in [0.05, 0.1) is 17.8 Å². The summed E-state index contributed by atoms with van der Waals surface area (Å²) in [5, 5.41) is 0.895. The number of nitrogen functional groups attached to an aromatic ring is 1. The van der Waals surface area contributed by atoms with Crippen LogP contribution in [-0.2, 0) is 11.3 Å². The van der Waals surface area contributed by atoms with Crippen molar-refractivity contribution in [1.29, 1.82) is 0 Å². The predicted molar refractivity (Wildman–Crippen MR) is 83.0 cm³/mol. The number of anilines is 1. The van der Waals surface area contributed by atoms with E-state index in [1.54, 1.807) is 24.3 Å². The molecule has 0 aliphatic rings. The van der Waals surface area contributed by atoms with E-state index in [4.69, 9.17) is 38.4 Å². The number of halogens is 2. The van der Waals surface area contributed by atoms with Crippen LogP contribution in [-0.4, -0.2) is 13.1 Å². The molecular formula is C15H13Cl2NO3. The SMILES string of the molecule is COc1cc(N)c(Cl)cc1C(=O)OCc1ccc(Cl)cc1. The lowest BCUT2D eigenvalue weighted by molar-refractivity contribution is 0.0469. The third-order valence-corrected chi connectivity index (χ3v) is 3.40. The van der Waals surface area contributed by atoms with Gasteiger partial charge in [-0.25, -0.2) is 4.79 Å². The Morgan fingerprint density at radius 3 is 2.48 bits per heavy atom. The minimum Gasteiger partial charge on any atom is -0.496 e. The molecule has 0 atom stereocenters. The lowest BCUT2D eigenvalue weighted by Gasteiger charge is -2.10. The fraction of sp³-hybridized carbons (Fsp3) is 0.133. The van der Waals surface area contributed by atoms with Gasteiger partial charge in [-0.2, -0.15) is 0 Å². The molecule has 2 aromatic carbocycles. The molecule has 0 amide bonds. The van der Waals surface area contributed by atoms with Gasteiger partial charge >= 0.3 is 5.97 Å². The molecule has 0 aliphatic heterocycles. The molecule has 0 spiro atoms. The maximum absolute atomic E-state index is 12.1. The molecule has 0 fully saturated rings. The van der Waals surface area contributed by atoms with Crippen molar-refractivity contribution in [2.75, 3.05) is 12.8 Å². The van der Waals surface area contributed by atoms with Crippen molar-refractivity contribution in [2.45, 2.75) is 6.61 Å². The standard InChI is InChI=1S/C15H13Cl2NO3/c1-20-14-7-13(18)12(17)6-11(14)15(19)21-8-9-2-4-10(16)5-3-9/h2-7H,8,18H2,1H3. The monoisotopic (exact) mass is 325 g/mol. The molecule has 0 unspecified atom stereocenters. The number of rotatable bonds is 4. The fourth-order valence-electron chi connectivity index (χ4n) is 1.70. The summed E-state index contributed by atoms with van der Waals surface area (Å²) >= 11 is 11.7. The van der Waals surface area contributed by atoms with E-state index in [2.05, 4.69) is 0 Å². The zero-order valence-corrected chi connectivity index (χ0v) is 12.7. The van der Waals surface area contributed by atoms with Crippen LogP contribution in [0.2, 0.25) is 10.0 Å². The number of methoxy groups -OCH3 is 1. The average Bonchev–Trinajstić information content (AvgIpc) is 2.48. The van der Waals surface area contributed by atoms with E-state index in [1.807, 2.05) is 0 Å². The lowest BCUT2D eigenvalue weighted by atomic mass is 10.2. The van der Waals surface area contributed by atoms with Crippen molar-refractivity contribution >= 4 is 34.9 Å². The second-order valence-electron chi connectivity index (χ2n) is 4.28. The molecule has 110 valence electrons. The minimum absolute atomic E-state index is 0.126. The smallest absolute Gasteiger partial charge is 0.342 e. The molecule has 4 nitrogen and oxygen atoms in total. The van der Waals surface area contributed by atoms with Gasteiger partial charge in [0.2, 0.25) is 0 Å². The number of ether oxygens (including phenoxy) is 2. The Bertz CT molecular complexity index is 657. The first-order chi connectivity index (χ1) is 10.0. The molecule has 0 saturated heterocycles. The van der Waals surface area contributed by atoms with E-state index in [0.717, 1.165) is 5.56 Å². The summed E-state index contributed by atoms with van der Waals surface area (Å²) in [5.41, 5.74) is 7.06. The molecule has 2 aromatic rings. The van der Waals surface area contributed by atoms with Crippen molar-refractivity contribution in [3.05, 3.63) is 57.6 Å². The van der Waals surface area contributed by atoms with Gasteiger partial charge in [-0.05, 0) is 23.8 Å². The number of hydrogen-bond acceptors (Lipinski definition) is 4. The van der Waals surface area contributed by atoms with Crippen LogP contribution in [0.5, 0.6) is 5.75 Å². The highest BCUT2D eigenvalue weighted by molar-refractivity contribution is 6.33. The number of benzene rings is 2. The van der Waals surface area contributed by atoms with Gasteiger partial charge < -0.3 is 15.2 Å². The maximum Gasteiger partial charge on any atom is 0.342 e. The molecule has 0 aliphatic carbocycles. The normalized spacial score (nSPS) is 10.2. The van der Waals surface area contributed by atoms with E-state index in [9.17, 15) is 4.79 Å². The molecule has 0 bridgehead atoms. The van der Waals surface area contributed by atoms with Crippen LogP contribution < -0.4 is 10.5 Å². The van der Waals surface area contributed by atoms with Crippen molar-refractivity contribution in [3.8, 4) is 5.75 Å². The Morgan fingerprint density at radius 2 is 1.86 bits per heavy atom. The van der Waals surface area contributed by atoms with Gasteiger partial charge in [0, 0.05) is 11.1 Å². The second-order valence-corrected chi connectivity index (χ2v) is 5.12. The molecule has 0 aromatic heterocycles. The van der Waals surface area contributed by atoms with Crippen LogP contribution >= 0.6 is 23.2 Å². The maximum atomic E-state index is 12.1. The topological polar surface area (TPSA) is 61.5 Å². The van der Waals surface area contributed by atoms with Crippen molar-refractivity contribution < 1.29 is 14.3 Å². The Hall–Kier alpha value is -1.91. The molecule has 21 heavy (non-hydrogen) atoms. The number of carbonyl (C=O) groups excluding carboxylic acids is 1. The largest absolute Gasteiger partial charge is 0.496 e. The fourth-order valence-corrected chi connectivity index (χ4v) is 1.99. The quantitative estimate of drug-likeness (QED) is 0.683. The Morgan fingerprint density at radius 1 is 1.19 bits per heavy atom. The molecule has 0 heterocycles. The highest BCUT2D eigenvalue weighted by atomic mass is 35.5.